The predicted molar refractivity (Wildman–Crippen MR) is 83.5 cm³/mol. The molecule has 0 N–H and O–H groups in total. The third kappa shape index (κ3) is 2.80. The molecule has 0 aliphatic carbocycles. The zero-order valence-corrected chi connectivity index (χ0v) is 12.8. The van der Waals surface area contributed by atoms with Gasteiger partial charge in [-0.2, -0.15) is 10.4 Å². The Morgan fingerprint density at radius 2 is 2.05 bits per heavy atom. The Balaban J connectivity index is 2.11. The molecule has 0 spiro atoms. The summed E-state index contributed by atoms with van der Waals surface area (Å²) < 4.78 is 1.61. The molecular formula is C15H9Cl2N5. The largest absolute Gasteiger partial charge is 0.258 e. The monoisotopic (exact) mass is 329 g/mol. The molecule has 5 nitrogen and oxygen atoms in total. The summed E-state index contributed by atoms with van der Waals surface area (Å²) >= 11 is 12.2. The van der Waals surface area contributed by atoms with Crippen molar-refractivity contribution in [3.05, 3.63) is 64.4 Å². The molecule has 22 heavy (non-hydrogen) atoms. The van der Waals surface area contributed by atoms with Crippen molar-refractivity contribution in [1.29, 1.82) is 5.26 Å². The van der Waals surface area contributed by atoms with Crippen LogP contribution in [0.3, 0.4) is 0 Å². The molecule has 7 heteroatoms. The van der Waals surface area contributed by atoms with E-state index in [0.717, 1.165) is 5.56 Å². The van der Waals surface area contributed by atoms with Crippen LogP contribution in [0.2, 0.25) is 10.0 Å². The average Bonchev–Trinajstić information content (AvgIpc) is 3.00. The van der Waals surface area contributed by atoms with Crippen molar-refractivity contribution in [2.75, 3.05) is 0 Å². The highest BCUT2D eigenvalue weighted by atomic mass is 35.5. The van der Waals surface area contributed by atoms with E-state index < -0.39 is 0 Å². The van der Waals surface area contributed by atoms with Crippen molar-refractivity contribution in [2.45, 2.75) is 6.54 Å². The molecule has 0 amide bonds. The highest BCUT2D eigenvalue weighted by Crippen LogP contribution is 2.33. The van der Waals surface area contributed by atoms with Crippen LogP contribution in [0.15, 0.2) is 43.1 Å². The molecule has 0 saturated carbocycles. The number of hydrogen-bond donors (Lipinski definition) is 0. The van der Waals surface area contributed by atoms with Gasteiger partial charge in [-0.25, -0.2) is 9.67 Å². The Labute approximate surface area is 136 Å². The summed E-state index contributed by atoms with van der Waals surface area (Å²) in [6, 6.07) is 9.14. The van der Waals surface area contributed by atoms with Crippen LogP contribution in [0, 0.1) is 11.3 Å². The first kappa shape index (κ1) is 14.5. The fourth-order valence-electron chi connectivity index (χ4n) is 2.15. The van der Waals surface area contributed by atoms with Crippen molar-refractivity contribution < 1.29 is 0 Å². The molecular weight excluding hydrogens is 321 g/mol. The van der Waals surface area contributed by atoms with Crippen molar-refractivity contribution in [3.63, 3.8) is 0 Å². The number of benzene rings is 1. The number of halogens is 2. The van der Waals surface area contributed by atoms with E-state index in [0.29, 0.717) is 33.4 Å². The molecule has 3 rings (SSSR count). The van der Waals surface area contributed by atoms with Gasteiger partial charge >= 0.3 is 0 Å². The van der Waals surface area contributed by atoms with Gasteiger partial charge in [-0.05, 0) is 18.2 Å². The van der Waals surface area contributed by atoms with E-state index in [9.17, 15) is 5.26 Å². The Morgan fingerprint density at radius 1 is 1.18 bits per heavy atom. The van der Waals surface area contributed by atoms with Crippen molar-refractivity contribution in [2.24, 2.45) is 0 Å². The van der Waals surface area contributed by atoms with Crippen LogP contribution in [0.25, 0.3) is 11.1 Å². The molecule has 0 unspecified atom stereocenters. The lowest BCUT2D eigenvalue weighted by molar-refractivity contribution is 0.669. The first-order chi connectivity index (χ1) is 10.7. The quantitative estimate of drug-likeness (QED) is 0.736. The predicted octanol–water partition coefficient (Wildman–Crippen LogP) is 3.57. The SMILES string of the molecule is N#Cc1c(-c2ccc(Cl)cc2Cl)ccnc1Cn1cncn1. The van der Waals surface area contributed by atoms with Gasteiger partial charge in [0.15, 0.2) is 0 Å². The van der Waals surface area contributed by atoms with E-state index in [-0.39, 0.29) is 0 Å². The maximum atomic E-state index is 9.53. The zero-order chi connectivity index (χ0) is 15.5. The molecule has 1 aromatic carbocycles. The van der Waals surface area contributed by atoms with Crippen LogP contribution in [-0.4, -0.2) is 19.7 Å². The minimum absolute atomic E-state index is 0.363. The zero-order valence-electron chi connectivity index (χ0n) is 11.2. The van der Waals surface area contributed by atoms with Gasteiger partial charge in [0.05, 0.1) is 17.8 Å². The minimum Gasteiger partial charge on any atom is -0.258 e. The Kier molecular flexibility index (Phi) is 4.05. The van der Waals surface area contributed by atoms with Gasteiger partial charge in [0.25, 0.3) is 0 Å². The summed E-state index contributed by atoms with van der Waals surface area (Å²) in [6.45, 7) is 0.363. The van der Waals surface area contributed by atoms with Gasteiger partial charge in [0.1, 0.15) is 18.7 Å². The second-order valence-corrected chi connectivity index (χ2v) is 5.35. The van der Waals surface area contributed by atoms with Crippen LogP contribution < -0.4 is 0 Å². The summed E-state index contributed by atoms with van der Waals surface area (Å²) in [7, 11) is 0. The number of aromatic nitrogens is 4. The van der Waals surface area contributed by atoms with Crippen LogP contribution in [0.4, 0.5) is 0 Å². The number of nitriles is 1. The standard InChI is InChI=1S/C15H9Cl2N5/c16-10-1-2-12(14(17)5-10)11-3-4-20-15(13(11)6-18)7-22-9-19-8-21-22/h1-5,8-9H,7H2. The van der Waals surface area contributed by atoms with Crippen molar-refractivity contribution >= 4 is 23.2 Å². The number of nitrogens with zero attached hydrogens (tertiary/aromatic N) is 5. The third-order valence-corrected chi connectivity index (χ3v) is 3.69. The number of hydrogen-bond acceptors (Lipinski definition) is 4. The molecule has 0 saturated heterocycles. The lowest BCUT2D eigenvalue weighted by Gasteiger charge is -2.10. The van der Waals surface area contributed by atoms with Gasteiger partial charge in [-0.1, -0.05) is 29.3 Å². The van der Waals surface area contributed by atoms with E-state index in [2.05, 4.69) is 21.1 Å². The fourth-order valence-corrected chi connectivity index (χ4v) is 2.66. The summed E-state index contributed by atoms with van der Waals surface area (Å²) in [5.41, 5.74) is 2.53. The molecule has 3 aromatic rings. The lowest BCUT2D eigenvalue weighted by Crippen LogP contribution is -2.05. The molecule has 2 aromatic heterocycles. The van der Waals surface area contributed by atoms with Crippen LogP contribution >= 0.6 is 23.2 Å². The van der Waals surface area contributed by atoms with E-state index in [4.69, 9.17) is 23.2 Å². The molecule has 108 valence electrons. The van der Waals surface area contributed by atoms with Crippen molar-refractivity contribution in [3.8, 4) is 17.2 Å². The van der Waals surface area contributed by atoms with E-state index in [1.54, 1.807) is 41.5 Å². The van der Waals surface area contributed by atoms with Crippen LogP contribution in [0.5, 0.6) is 0 Å². The van der Waals surface area contributed by atoms with Crippen molar-refractivity contribution in [1.82, 2.24) is 19.7 Å². The summed E-state index contributed by atoms with van der Waals surface area (Å²) in [6.07, 6.45) is 4.66. The maximum Gasteiger partial charge on any atom is 0.137 e. The van der Waals surface area contributed by atoms with Crippen LogP contribution in [0.1, 0.15) is 11.3 Å². The topological polar surface area (TPSA) is 67.4 Å². The highest BCUT2D eigenvalue weighted by Gasteiger charge is 2.14. The number of rotatable bonds is 3. The molecule has 0 radical (unpaired) electrons. The Morgan fingerprint density at radius 3 is 2.73 bits per heavy atom. The Bertz CT molecular complexity index is 853. The van der Waals surface area contributed by atoms with Gasteiger partial charge in [-0.15, -0.1) is 0 Å². The smallest absolute Gasteiger partial charge is 0.137 e. The van der Waals surface area contributed by atoms with Crippen LogP contribution in [-0.2, 0) is 6.54 Å². The Hall–Kier alpha value is -2.42. The first-order valence-electron chi connectivity index (χ1n) is 6.35. The molecule has 0 aliphatic heterocycles. The fraction of sp³-hybridized carbons (Fsp3) is 0.0667. The molecule has 0 fully saturated rings. The average molecular weight is 330 g/mol. The lowest BCUT2D eigenvalue weighted by atomic mass is 10.00. The van der Waals surface area contributed by atoms with Gasteiger partial charge in [-0.3, -0.25) is 4.98 Å². The minimum atomic E-state index is 0.363. The van der Waals surface area contributed by atoms with E-state index in [1.165, 1.54) is 6.33 Å². The summed E-state index contributed by atoms with van der Waals surface area (Å²) in [4.78, 5) is 8.16. The molecule has 0 atom stereocenters. The maximum absolute atomic E-state index is 9.53. The second-order valence-electron chi connectivity index (χ2n) is 4.51. The highest BCUT2D eigenvalue weighted by molar-refractivity contribution is 6.36. The number of pyridine rings is 1. The first-order valence-corrected chi connectivity index (χ1v) is 7.10. The van der Waals surface area contributed by atoms with Gasteiger partial charge < -0.3 is 0 Å². The molecule has 0 bridgehead atoms. The van der Waals surface area contributed by atoms with Gasteiger partial charge in [0.2, 0.25) is 0 Å². The summed E-state index contributed by atoms with van der Waals surface area (Å²) in [5.74, 6) is 0. The second kappa shape index (κ2) is 6.14. The molecule has 0 aliphatic rings. The van der Waals surface area contributed by atoms with Gasteiger partial charge in [0, 0.05) is 27.4 Å². The van der Waals surface area contributed by atoms with E-state index >= 15 is 0 Å². The normalized spacial score (nSPS) is 10.4. The van der Waals surface area contributed by atoms with E-state index in [1.807, 2.05) is 0 Å². The summed E-state index contributed by atoms with van der Waals surface area (Å²) in [5, 5.41) is 14.6. The molecule has 2 heterocycles. The third-order valence-electron chi connectivity index (χ3n) is 3.14.